The minimum atomic E-state index is -0.173. The fourth-order valence-corrected chi connectivity index (χ4v) is 3.17. The first kappa shape index (κ1) is 14.1. The highest BCUT2D eigenvalue weighted by molar-refractivity contribution is 6.32. The van der Waals surface area contributed by atoms with Crippen LogP contribution < -0.4 is 5.43 Å². The number of hydrogen-bond acceptors (Lipinski definition) is 5. The Balaban J connectivity index is 1.94. The van der Waals surface area contributed by atoms with Crippen LogP contribution in [0.3, 0.4) is 0 Å². The van der Waals surface area contributed by atoms with E-state index in [0.29, 0.717) is 33.5 Å². The van der Waals surface area contributed by atoms with Crippen molar-refractivity contribution >= 4 is 39.3 Å². The third kappa shape index (κ3) is 1.98. The van der Waals surface area contributed by atoms with Crippen LogP contribution in [0.5, 0.6) is 0 Å². The fraction of sp³-hybridized carbons (Fsp3) is 0. The van der Waals surface area contributed by atoms with E-state index in [1.54, 1.807) is 22.6 Å². The van der Waals surface area contributed by atoms with E-state index in [1.165, 1.54) is 6.26 Å². The van der Waals surface area contributed by atoms with Gasteiger partial charge in [-0.2, -0.15) is 0 Å². The van der Waals surface area contributed by atoms with Crippen molar-refractivity contribution in [1.29, 1.82) is 0 Å². The molecule has 0 fully saturated rings. The van der Waals surface area contributed by atoms with Gasteiger partial charge in [-0.25, -0.2) is 4.98 Å². The molecule has 0 bridgehead atoms. The van der Waals surface area contributed by atoms with E-state index in [4.69, 9.17) is 16.0 Å². The van der Waals surface area contributed by atoms with E-state index in [1.807, 2.05) is 30.3 Å². The quantitative estimate of drug-likeness (QED) is 0.462. The highest BCUT2D eigenvalue weighted by Gasteiger charge is 2.18. The summed E-state index contributed by atoms with van der Waals surface area (Å²) in [6.45, 7) is 0. The van der Waals surface area contributed by atoms with Crippen molar-refractivity contribution in [2.45, 2.75) is 0 Å². The van der Waals surface area contributed by atoms with Crippen LogP contribution >= 0.6 is 11.6 Å². The number of para-hydroxylation sites is 3. The highest BCUT2D eigenvalue weighted by atomic mass is 35.5. The van der Waals surface area contributed by atoms with E-state index in [-0.39, 0.29) is 10.6 Å². The first-order valence-corrected chi connectivity index (χ1v) is 7.92. The molecule has 6 nitrogen and oxygen atoms in total. The number of halogens is 1. The third-order valence-electron chi connectivity index (χ3n) is 4.11. The highest BCUT2D eigenvalue weighted by Crippen LogP contribution is 2.26. The lowest BCUT2D eigenvalue weighted by atomic mass is 10.1. The second kappa shape index (κ2) is 5.12. The van der Waals surface area contributed by atoms with E-state index >= 15 is 0 Å². The Morgan fingerprint density at radius 2 is 1.80 bits per heavy atom. The minimum absolute atomic E-state index is 0.173. The molecule has 5 aromatic rings. The van der Waals surface area contributed by atoms with Crippen LogP contribution in [0.2, 0.25) is 5.15 Å². The van der Waals surface area contributed by atoms with Crippen molar-refractivity contribution in [3.8, 4) is 11.4 Å². The zero-order valence-corrected chi connectivity index (χ0v) is 13.4. The van der Waals surface area contributed by atoms with Gasteiger partial charge in [0.25, 0.3) is 0 Å². The third-order valence-corrected chi connectivity index (χ3v) is 4.36. The average Bonchev–Trinajstić information content (AvgIpc) is 3.08. The molecule has 0 unspecified atom stereocenters. The largest absolute Gasteiger partial charge is 0.463 e. The van der Waals surface area contributed by atoms with Gasteiger partial charge in [0, 0.05) is 0 Å². The molecule has 7 heteroatoms. The summed E-state index contributed by atoms with van der Waals surface area (Å²) in [6.07, 6.45) is 1.41. The van der Waals surface area contributed by atoms with Crippen LogP contribution in [0.4, 0.5) is 0 Å². The van der Waals surface area contributed by atoms with Gasteiger partial charge in [0.05, 0.1) is 16.4 Å². The second-order valence-electron chi connectivity index (χ2n) is 5.55. The van der Waals surface area contributed by atoms with Crippen LogP contribution in [-0.2, 0) is 0 Å². The summed E-state index contributed by atoms with van der Waals surface area (Å²) < 4.78 is 7.34. The molecule has 0 aliphatic rings. The van der Waals surface area contributed by atoms with Crippen LogP contribution in [0.25, 0.3) is 39.0 Å². The topological polar surface area (TPSA) is 73.3 Å². The minimum Gasteiger partial charge on any atom is -0.463 e. The van der Waals surface area contributed by atoms with Crippen LogP contribution in [0.15, 0.2) is 64.0 Å². The second-order valence-corrected chi connectivity index (χ2v) is 5.91. The number of hydrogen-bond donors (Lipinski definition) is 0. The maximum atomic E-state index is 12.9. The summed E-state index contributed by atoms with van der Waals surface area (Å²) >= 11 is 6.24. The molecule has 0 atom stereocenters. The van der Waals surface area contributed by atoms with Crippen LogP contribution in [-0.4, -0.2) is 19.6 Å². The maximum Gasteiger partial charge on any atom is 0.203 e. The molecule has 0 spiro atoms. The number of aromatic nitrogens is 4. The molecule has 3 heterocycles. The number of benzene rings is 2. The maximum absolute atomic E-state index is 12.9. The monoisotopic (exact) mass is 348 g/mol. The van der Waals surface area contributed by atoms with Gasteiger partial charge in [-0.3, -0.25) is 9.20 Å². The average molecular weight is 349 g/mol. The molecular formula is C18H9ClN4O2. The molecule has 0 N–H and O–H groups in total. The van der Waals surface area contributed by atoms with Gasteiger partial charge in [-0.05, 0) is 24.3 Å². The smallest absolute Gasteiger partial charge is 0.203 e. The first-order chi connectivity index (χ1) is 12.2. The molecule has 0 saturated heterocycles. The van der Waals surface area contributed by atoms with Gasteiger partial charge < -0.3 is 4.42 Å². The molecule has 0 amide bonds. The first-order valence-electron chi connectivity index (χ1n) is 7.54. The Bertz CT molecular complexity index is 1340. The Labute approximate surface area is 145 Å². The van der Waals surface area contributed by atoms with Crippen molar-refractivity contribution in [3.05, 3.63) is 70.2 Å². The molecular weight excluding hydrogens is 340 g/mol. The molecule has 0 saturated carbocycles. The Hall–Kier alpha value is -3.25. The Kier molecular flexibility index (Phi) is 2.89. The standard InChI is InChI=1S/C18H9ClN4O2/c19-16-18-22-21-17(23(18)13-7-3-2-6-12(13)20-16)11-9-25-14-8-4-1-5-10(14)15(11)24/h1-9H. The van der Waals surface area contributed by atoms with Gasteiger partial charge in [0.15, 0.2) is 16.6 Å². The Morgan fingerprint density at radius 1 is 1.00 bits per heavy atom. The lowest BCUT2D eigenvalue weighted by Gasteiger charge is -2.05. The Morgan fingerprint density at radius 3 is 2.72 bits per heavy atom. The predicted octanol–water partition coefficient (Wildman–Crippen LogP) is 3.70. The number of nitrogens with zero attached hydrogens (tertiary/aromatic N) is 4. The molecule has 2 aromatic carbocycles. The molecule has 120 valence electrons. The van der Waals surface area contributed by atoms with Gasteiger partial charge in [-0.15, -0.1) is 10.2 Å². The van der Waals surface area contributed by atoms with Crippen molar-refractivity contribution in [3.63, 3.8) is 0 Å². The van der Waals surface area contributed by atoms with Gasteiger partial charge in [0.2, 0.25) is 5.43 Å². The summed E-state index contributed by atoms with van der Waals surface area (Å²) in [6, 6.07) is 14.5. The van der Waals surface area contributed by atoms with E-state index in [2.05, 4.69) is 15.2 Å². The molecule has 0 radical (unpaired) electrons. The van der Waals surface area contributed by atoms with Crippen molar-refractivity contribution < 1.29 is 4.42 Å². The molecule has 25 heavy (non-hydrogen) atoms. The summed E-state index contributed by atoms with van der Waals surface area (Å²) in [5, 5.41) is 8.99. The summed E-state index contributed by atoms with van der Waals surface area (Å²) in [5.41, 5.74) is 2.50. The zero-order chi connectivity index (χ0) is 17.0. The zero-order valence-electron chi connectivity index (χ0n) is 12.7. The van der Waals surface area contributed by atoms with E-state index in [0.717, 1.165) is 5.52 Å². The number of fused-ring (bicyclic) bond motifs is 4. The molecule has 0 aliphatic heterocycles. The van der Waals surface area contributed by atoms with Gasteiger partial charge in [0.1, 0.15) is 17.4 Å². The summed E-state index contributed by atoms with van der Waals surface area (Å²) in [4.78, 5) is 17.2. The van der Waals surface area contributed by atoms with Gasteiger partial charge >= 0.3 is 0 Å². The molecule has 5 rings (SSSR count). The van der Waals surface area contributed by atoms with Crippen molar-refractivity contribution in [2.24, 2.45) is 0 Å². The number of rotatable bonds is 1. The lowest BCUT2D eigenvalue weighted by molar-refractivity contribution is 0.604. The van der Waals surface area contributed by atoms with E-state index in [9.17, 15) is 4.79 Å². The normalized spacial score (nSPS) is 11.6. The fourth-order valence-electron chi connectivity index (χ4n) is 2.96. The molecule has 0 aliphatic carbocycles. The lowest BCUT2D eigenvalue weighted by Crippen LogP contribution is -2.07. The summed E-state index contributed by atoms with van der Waals surface area (Å²) in [7, 11) is 0. The van der Waals surface area contributed by atoms with Gasteiger partial charge in [-0.1, -0.05) is 35.9 Å². The SMILES string of the molecule is O=c1c(-c2nnc3c(Cl)nc4ccccc4n23)coc2ccccc12. The van der Waals surface area contributed by atoms with Crippen molar-refractivity contribution in [1.82, 2.24) is 19.6 Å². The van der Waals surface area contributed by atoms with Crippen LogP contribution in [0, 0.1) is 0 Å². The van der Waals surface area contributed by atoms with Crippen LogP contribution in [0.1, 0.15) is 0 Å². The van der Waals surface area contributed by atoms with Crippen molar-refractivity contribution in [2.75, 3.05) is 0 Å². The summed E-state index contributed by atoms with van der Waals surface area (Å²) in [5.74, 6) is 0.370. The molecule has 3 aromatic heterocycles. The predicted molar refractivity (Wildman–Crippen MR) is 94.8 cm³/mol. The van der Waals surface area contributed by atoms with E-state index < -0.39 is 0 Å².